The molecule has 6 nitrogen and oxygen atoms in total. The lowest BCUT2D eigenvalue weighted by molar-refractivity contribution is 0.0994. The molecule has 1 saturated carbocycles. The van der Waals surface area contributed by atoms with Crippen molar-refractivity contribution in [2.45, 2.75) is 76.5 Å². The molecule has 6 heteroatoms. The Bertz CT molecular complexity index is 1070. The van der Waals surface area contributed by atoms with Crippen molar-refractivity contribution in [2.24, 2.45) is 5.73 Å². The molecule has 34 heavy (non-hydrogen) atoms. The number of aliphatic hydroxyl groups excluding tert-OH is 1. The van der Waals surface area contributed by atoms with Crippen molar-refractivity contribution in [1.29, 1.82) is 0 Å². The smallest absolute Gasteiger partial charge is 0.268 e. The van der Waals surface area contributed by atoms with Crippen LogP contribution in [0.5, 0.6) is 5.75 Å². The first-order valence-electron chi connectivity index (χ1n) is 12.3. The molecule has 0 spiro atoms. The Morgan fingerprint density at radius 3 is 2.56 bits per heavy atom. The first-order valence-corrected chi connectivity index (χ1v) is 12.3. The van der Waals surface area contributed by atoms with Crippen molar-refractivity contribution in [3.8, 4) is 5.75 Å². The van der Waals surface area contributed by atoms with Crippen molar-refractivity contribution in [2.75, 3.05) is 0 Å². The van der Waals surface area contributed by atoms with Gasteiger partial charge in [0.1, 0.15) is 18.1 Å². The Kier molecular flexibility index (Phi) is 8.01. The van der Waals surface area contributed by atoms with Gasteiger partial charge in [0.2, 0.25) is 0 Å². The van der Waals surface area contributed by atoms with E-state index >= 15 is 0 Å². The Balaban J connectivity index is 1.37. The number of benzene rings is 2. The minimum atomic E-state index is -0.606. The quantitative estimate of drug-likeness (QED) is 0.436. The normalized spacial score (nSPS) is 16.2. The second-order valence-corrected chi connectivity index (χ2v) is 9.39. The maximum Gasteiger partial charge on any atom is 0.268 e. The molecular weight excluding hydrogens is 426 g/mol. The maximum atomic E-state index is 11.4. The number of para-hydroxylation sites is 1. The highest BCUT2D eigenvalue weighted by Gasteiger charge is 2.20. The van der Waals surface area contributed by atoms with Crippen LogP contribution in [0.3, 0.4) is 0 Å². The third kappa shape index (κ3) is 6.06. The fraction of sp³-hybridized carbons (Fsp3) is 0.429. The number of nitrogens with two attached hydrogens (primary N) is 1. The molecule has 3 N–H and O–H groups in total. The van der Waals surface area contributed by atoms with Crippen LogP contribution in [0.1, 0.15) is 84.6 Å². The van der Waals surface area contributed by atoms with E-state index in [0.29, 0.717) is 18.9 Å². The summed E-state index contributed by atoms with van der Waals surface area (Å²) >= 11 is 0. The van der Waals surface area contributed by atoms with Gasteiger partial charge in [-0.2, -0.15) is 0 Å². The highest BCUT2D eigenvalue weighted by Crippen LogP contribution is 2.33. The van der Waals surface area contributed by atoms with Gasteiger partial charge in [-0.1, -0.05) is 61.7 Å². The molecular formula is C28H35N3O3. The molecule has 1 heterocycles. The van der Waals surface area contributed by atoms with E-state index in [2.05, 4.69) is 35.3 Å². The van der Waals surface area contributed by atoms with Crippen molar-refractivity contribution in [3.63, 3.8) is 0 Å². The van der Waals surface area contributed by atoms with E-state index in [0.717, 1.165) is 23.3 Å². The maximum absolute atomic E-state index is 11.4. The monoisotopic (exact) mass is 461 g/mol. The number of aryl methyl sites for hydroxylation is 1. The largest absolute Gasteiger partial charge is 0.489 e. The number of ether oxygens (including phenoxy) is 1. The average molecular weight is 462 g/mol. The number of nitrogens with zero attached hydrogens (tertiary/aromatic N) is 2. The fourth-order valence-electron chi connectivity index (χ4n) is 4.92. The van der Waals surface area contributed by atoms with Gasteiger partial charge in [-0.25, -0.2) is 4.98 Å². The van der Waals surface area contributed by atoms with Crippen molar-refractivity contribution in [1.82, 2.24) is 9.55 Å². The van der Waals surface area contributed by atoms with Crippen molar-refractivity contribution >= 4 is 5.91 Å². The van der Waals surface area contributed by atoms with Gasteiger partial charge < -0.3 is 20.1 Å². The first-order chi connectivity index (χ1) is 16.5. The van der Waals surface area contributed by atoms with E-state index in [9.17, 15) is 9.90 Å². The summed E-state index contributed by atoms with van der Waals surface area (Å²) in [5, 5.41) is 10.3. The Morgan fingerprint density at radius 2 is 1.88 bits per heavy atom. The topological polar surface area (TPSA) is 90.4 Å². The van der Waals surface area contributed by atoms with E-state index in [-0.39, 0.29) is 11.7 Å². The number of aromatic nitrogens is 2. The van der Waals surface area contributed by atoms with E-state index < -0.39 is 12.0 Å². The van der Waals surface area contributed by atoms with Gasteiger partial charge in [0.15, 0.2) is 0 Å². The molecule has 1 aliphatic rings. The summed E-state index contributed by atoms with van der Waals surface area (Å²) in [4.78, 5) is 15.4. The highest BCUT2D eigenvalue weighted by atomic mass is 16.5. The van der Waals surface area contributed by atoms with Gasteiger partial charge in [0.05, 0.1) is 18.5 Å². The predicted octanol–water partition coefficient (Wildman–Crippen LogP) is 5.16. The van der Waals surface area contributed by atoms with Gasteiger partial charge in [0, 0.05) is 6.20 Å². The van der Waals surface area contributed by atoms with E-state index in [4.69, 9.17) is 10.5 Å². The van der Waals surface area contributed by atoms with E-state index in [1.807, 2.05) is 18.2 Å². The summed E-state index contributed by atoms with van der Waals surface area (Å²) in [7, 11) is 0. The molecule has 1 fully saturated rings. The van der Waals surface area contributed by atoms with Gasteiger partial charge in [-0.15, -0.1) is 0 Å². The number of primary amides is 1. The number of carbonyl (C=O) groups is 1. The van der Waals surface area contributed by atoms with Crippen LogP contribution in [0.2, 0.25) is 0 Å². The van der Waals surface area contributed by atoms with Crippen LogP contribution in [0.25, 0.3) is 0 Å². The van der Waals surface area contributed by atoms with E-state index in [1.165, 1.54) is 37.7 Å². The number of hydrogen-bond acceptors (Lipinski definition) is 4. The minimum absolute atomic E-state index is 0.198. The number of hydrogen-bond donors (Lipinski definition) is 2. The summed E-state index contributed by atoms with van der Waals surface area (Å²) in [5.74, 6) is 0.987. The first kappa shape index (κ1) is 24.0. The molecule has 2 unspecified atom stereocenters. The number of imidazole rings is 1. The zero-order valence-corrected chi connectivity index (χ0v) is 19.9. The fourth-order valence-corrected chi connectivity index (χ4v) is 4.92. The van der Waals surface area contributed by atoms with Crippen molar-refractivity contribution in [3.05, 3.63) is 83.4 Å². The van der Waals surface area contributed by atoms with Crippen LogP contribution in [0, 0.1) is 0 Å². The second kappa shape index (κ2) is 11.3. The zero-order chi connectivity index (χ0) is 23.9. The SMILES string of the molecule is CC(O)C(CCc1ccccc1OCc1ccc(C2CCCCC2)cc1)n1cnc(C(N)=O)c1. The van der Waals surface area contributed by atoms with Gasteiger partial charge in [-0.3, -0.25) is 4.79 Å². The Hall–Kier alpha value is -3.12. The average Bonchev–Trinajstić information content (AvgIpc) is 3.34. The lowest BCUT2D eigenvalue weighted by Crippen LogP contribution is -2.21. The lowest BCUT2D eigenvalue weighted by Gasteiger charge is -2.22. The predicted molar refractivity (Wildman–Crippen MR) is 133 cm³/mol. The summed E-state index contributed by atoms with van der Waals surface area (Å²) in [6, 6.07) is 16.7. The Labute approximate surface area is 201 Å². The lowest BCUT2D eigenvalue weighted by atomic mass is 9.84. The molecule has 0 saturated heterocycles. The third-order valence-electron chi connectivity index (χ3n) is 6.93. The molecule has 1 amide bonds. The van der Waals surface area contributed by atoms with Crippen LogP contribution >= 0.6 is 0 Å². The molecule has 4 rings (SSSR count). The number of aliphatic hydroxyl groups is 1. The molecule has 0 radical (unpaired) electrons. The van der Waals surface area contributed by atoms with Crippen LogP contribution in [-0.2, 0) is 13.0 Å². The highest BCUT2D eigenvalue weighted by molar-refractivity contribution is 5.90. The number of carbonyl (C=O) groups excluding carboxylic acids is 1. The van der Waals surface area contributed by atoms with Crippen LogP contribution in [0.4, 0.5) is 0 Å². The standard InChI is InChI=1S/C28H35N3O3/c1-20(32)26(31-17-25(28(29)33)30-19-31)16-15-24-9-5-6-10-27(24)34-18-21-11-13-23(14-12-21)22-7-3-2-4-8-22/h5-6,9-14,17,19-20,22,26,32H,2-4,7-8,15-16,18H2,1H3,(H2,29,33). The minimum Gasteiger partial charge on any atom is -0.489 e. The van der Waals surface area contributed by atoms with Gasteiger partial charge in [0.25, 0.3) is 5.91 Å². The summed E-state index contributed by atoms with van der Waals surface area (Å²) in [5.41, 5.74) is 9.22. The van der Waals surface area contributed by atoms with Gasteiger partial charge in [-0.05, 0) is 61.3 Å². The van der Waals surface area contributed by atoms with Crippen LogP contribution in [-0.4, -0.2) is 26.7 Å². The summed E-state index contributed by atoms with van der Waals surface area (Å²) in [6.45, 7) is 2.26. The van der Waals surface area contributed by atoms with Crippen molar-refractivity contribution < 1.29 is 14.6 Å². The Morgan fingerprint density at radius 1 is 1.15 bits per heavy atom. The number of amides is 1. The summed E-state index contributed by atoms with van der Waals surface area (Å²) < 4.78 is 7.97. The summed E-state index contributed by atoms with van der Waals surface area (Å²) in [6.07, 6.45) is 10.6. The van der Waals surface area contributed by atoms with Crippen LogP contribution in [0.15, 0.2) is 61.1 Å². The molecule has 2 aromatic carbocycles. The molecule has 0 bridgehead atoms. The van der Waals surface area contributed by atoms with Crippen LogP contribution < -0.4 is 10.5 Å². The third-order valence-corrected chi connectivity index (χ3v) is 6.93. The molecule has 1 aliphatic carbocycles. The molecule has 1 aromatic heterocycles. The molecule has 180 valence electrons. The number of rotatable bonds is 10. The molecule has 3 aromatic rings. The molecule has 0 aliphatic heterocycles. The van der Waals surface area contributed by atoms with Gasteiger partial charge >= 0.3 is 0 Å². The zero-order valence-electron chi connectivity index (χ0n) is 19.9. The second-order valence-electron chi connectivity index (χ2n) is 9.39. The van der Waals surface area contributed by atoms with E-state index in [1.54, 1.807) is 24.0 Å². The molecule has 2 atom stereocenters.